The number of rotatable bonds is 3. The minimum absolute atomic E-state index is 0.0929. The first-order valence-corrected chi connectivity index (χ1v) is 6.66. The fourth-order valence-corrected chi connectivity index (χ4v) is 2.37. The van der Waals surface area contributed by atoms with Gasteiger partial charge in [-0.3, -0.25) is 0 Å². The number of phenols is 1. The van der Waals surface area contributed by atoms with Gasteiger partial charge in [0.1, 0.15) is 5.75 Å². The first-order chi connectivity index (χ1) is 10.2. The van der Waals surface area contributed by atoms with Crippen molar-refractivity contribution in [3.8, 4) is 5.75 Å². The lowest BCUT2D eigenvalue weighted by Crippen LogP contribution is -2.10. The normalized spacial score (nSPS) is 12.2. The molecule has 0 bridgehead atoms. The number of aromatic hydroxyl groups is 1. The minimum atomic E-state index is -1.04. The highest BCUT2D eigenvalue weighted by atomic mass is 16.3. The van der Waals surface area contributed by atoms with E-state index in [4.69, 9.17) is 5.73 Å². The molecule has 0 fully saturated rings. The van der Waals surface area contributed by atoms with Gasteiger partial charge in [0.2, 0.25) is 0 Å². The molecule has 106 valence electrons. The molecule has 1 unspecified atom stereocenters. The molecule has 3 aromatic carbocycles. The number of aliphatic hydroxyl groups is 1. The minimum Gasteiger partial charge on any atom is -0.505 e. The van der Waals surface area contributed by atoms with E-state index in [-0.39, 0.29) is 11.4 Å². The predicted octanol–water partition coefficient (Wildman–Crippen LogP) is 3.23. The summed E-state index contributed by atoms with van der Waals surface area (Å²) in [7, 11) is 0. The molecule has 0 aliphatic rings. The lowest BCUT2D eigenvalue weighted by atomic mass is 10.0. The van der Waals surface area contributed by atoms with Gasteiger partial charge in [0.25, 0.3) is 0 Å². The van der Waals surface area contributed by atoms with Crippen molar-refractivity contribution < 1.29 is 10.2 Å². The highest BCUT2D eigenvalue weighted by Crippen LogP contribution is 2.36. The summed E-state index contributed by atoms with van der Waals surface area (Å²) in [5, 5.41) is 25.1. The molecule has 0 aliphatic heterocycles. The first-order valence-electron chi connectivity index (χ1n) is 6.66. The Morgan fingerprint density at radius 1 is 0.952 bits per heavy atom. The van der Waals surface area contributed by atoms with E-state index in [2.05, 4.69) is 5.32 Å². The van der Waals surface area contributed by atoms with E-state index >= 15 is 0 Å². The van der Waals surface area contributed by atoms with E-state index in [1.54, 1.807) is 6.07 Å². The van der Waals surface area contributed by atoms with Gasteiger partial charge in [-0.1, -0.05) is 42.5 Å². The molecule has 0 saturated heterocycles. The number of aliphatic hydroxyl groups excluding tert-OH is 1. The van der Waals surface area contributed by atoms with Crippen molar-refractivity contribution in [3.05, 3.63) is 66.2 Å². The molecule has 0 heterocycles. The first kappa shape index (κ1) is 13.3. The molecular weight excluding hydrogens is 264 g/mol. The standard InChI is InChI=1S/C17H16N2O2/c18-15-13-9-5-4-6-11(13)10-14(16(15)20)17(21)19-12-7-2-1-3-8-12/h1-10,17,19-21H,18H2. The van der Waals surface area contributed by atoms with Crippen molar-refractivity contribution in [2.75, 3.05) is 11.1 Å². The summed E-state index contributed by atoms with van der Waals surface area (Å²) in [4.78, 5) is 0. The molecule has 5 N–H and O–H groups in total. The van der Waals surface area contributed by atoms with Crippen LogP contribution in [-0.4, -0.2) is 10.2 Å². The zero-order chi connectivity index (χ0) is 14.8. The second kappa shape index (κ2) is 5.34. The van der Waals surface area contributed by atoms with E-state index < -0.39 is 6.23 Å². The topological polar surface area (TPSA) is 78.5 Å². The second-order valence-electron chi connectivity index (χ2n) is 4.86. The van der Waals surface area contributed by atoms with Gasteiger partial charge < -0.3 is 21.3 Å². The van der Waals surface area contributed by atoms with Crippen molar-refractivity contribution >= 4 is 22.1 Å². The van der Waals surface area contributed by atoms with Crippen LogP contribution in [0.25, 0.3) is 10.8 Å². The number of hydrogen-bond donors (Lipinski definition) is 4. The molecular formula is C17H16N2O2. The zero-order valence-electron chi connectivity index (χ0n) is 11.3. The number of hydrogen-bond acceptors (Lipinski definition) is 4. The van der Waals surface area contributed by atoms with Gasteiger partial charge in [0.15, 0.2) is 6.23 Å². The molecule has 0 saturated carbocycles. The monoisotopic (exact) mass is 280 g/mol. The van der Waals surface area contributed by atoms with Crippen LogP contribution in [0.3, 0.4) is 0 Å². The van der Waals surface area contributed by atoms with Crippen LogP contribution in [0.15, 0.2) is 60.7 Å². The Bertz CT molecular complexity index is 772. The SMILES string of the molecule is Nc1c(O)c(C(O)Nc2ccccc2)cc2ccccc12. The predicted molar refractivity (Wildman–Crippen MR) is 85.0 cm³/mol. The molecule has 0 spiro atoms. The molecule has 1 atom stereocenters. The summed E-state index contributed by atoms with van der Waals surface area (Å²) < 4.78 is 0. The molecule has 21 heavy (non-hydrogen) atoms. The molecule has 3 rings (SSSR count). The highest BCUT2D eigenvalue weighted by Gasteiger charge is 2.16. The average molecular weight is 280 g/mol. The molecule has 0 radical (unpaired) electrons. The highest BCUT2D eigenvalue weighted by molar-refractivity contribution is 5.96. The van der Waals surface area contributed by atoms with Crippen molar-refractivity contribution in [3.63, 3.8) is 0 Å². The Morgan fingerprint density at radius 3 is 2.38 bits per heavy atom. The number of nitrogen functional groups attached to an aromatic ring is 1. The summed E-state index contributed by atoms with van der Waals surface area (Å²) in [6.07, 6.45) is -1.04. The molecule has 0 aromatic heterocycles. The summed E-state index contributed by atoms with van der Waals surface area (Å²) in [5.74, 6) is -0.0929. The van der Waals surface area contributed by atoms with Gasteiger partial charge in [0.05, 0.1) is 5.69 Å². The van der Waals surface area contributed by atoms with Crippen LogP contribution in [-0.2, 0) is 0 Å². The second-order valence-corrected chi connectivity index (χ2v) is 4.86. The Balaban J connectivity index is 2.02. The maximum atomic E-state index is 10.3. The fourth-order valence-electron chi connectivity index (χ4n) is 2.37. The summed E-state index contributed by atoms with van der Waals surface area (Å²) in [6, 6.07) is 18.5. The number of fused-ring (bicyclic) bond motifs is 1. The fraction of sp³-hybridized carbons (Fsp3) is 0.0588. The van der Waals surface area contributed by atoms with E-state index in [0.29, 0.717) is 5.56 Å². The third kappa shape index (κ3) is 2.49. The summed E-state index contributed by atoms with van der Waals surface area (Å²) in [6.45, 7) is 0. The maximum absolute atomic E-state index is 10.3. The van der Waals surface area contributed by atoms with Gasteiger partial charge in [0, 0.05) is 16.6 Å². The van der Waals surface area contributed by atoms with E-state index in [9.17, 15) is 10.2 Å². The number of anilines is 2. The number of phenolic OH excluding ortho intramolecular Hbond substituents is 1. The number of para-hydroxylation sites is 1. The number of nitrogens with one attached hydrogen (secondary N) is 1. The van der Waals surface area contributed by atoms with Crippen LogP contribution in [0.1, 0.15) is 11.8 Å². The average Bonchev–Trinajstić information content (AvgIpc) is 2.52. The van der Waals surface area contributed by atoms with Crippen LogP contribution in [0.2, 0.25) is 0 Å². The van der Waals surface area contributed by atoms with Gasteiger partial charge in [-0.25, -0.2) is 0 Å². The quantitative estimate of drug-likeness (QED) is 0.337. The van der Waals surface area contributed by atoms with Crippen LogP contribution in [0.4, 0.5) is 11.4 Å². The van der Waals surface area contributed by atoms with Crippen molar-refractivity contribution in [1.82, 2.24) is 0 Å². The Labute approximate surface area is 122 Å². The largest absolute Gasteiger partial charge is 0.505 e. The third-order valence-electron chi connectivity index (χ3n) is 3.46. The lowest BCUT2D eigenvalue weighted by Gasteiger charge is -2.18. The van der Waals surface area contributed by atoms with Gasteiger partial charge in [-0.05, 0) is 23.6 Å². The van der Waals surface area contributed by atoms with Gasteiger partial charge in [-0.2, -0.15) is 0 Å². The smallest absolute Gasteiger partial charge is 0.154 e. The number of benzene rings is 3. The van der Waals surface area contributed by atoms with Crippen LogP contribution in [0.5, 0.6) is 5.75 Å². The van der Waals surface area contributed by atoms with Crippen LogP contribution < -0.4 is 11.1 Å². The van der Waals surface area contributed by atoms with Gasteiger partial charge >= 0.3 is 0 Å². The van der Waals surface area contributed by atoms with Crippen LogP contribution in [0, 0.1) is 0 Å². The van der Waals surface area contributed by atoms with Crippen molar-refractivity contribution in [2.45, 2.75) is 6.23 Å². The van der Waals surface area contributed by atoms with Crippen LogP contribution >= 0.6 is 0 Å². The summed E-state index contributed by atoms with van der Waals surface area (Å²) in [5.41, 5.74) is 7.35. The van der Waals surface area contributed by atoms with E-state index in [0.717, 1.165) is 16.5 Å². The van der Waals surface area contributed by atoms with Gasteiger partial charge in [-0.15, -0.1) is 0 Å². The zero-order valence-corrected chi connectivity index (χ0v) is 11.3. The molecule has 4 heteroatoms. The lowest BCUT2D eigenvalue weighted by molar-refractivity contribution is 0.204. The van der Waals surface area contributed by atoms with E-state index in [1.807, 2.05) is 54.6 Å². The molecule has 4 nitrogen and oxygen atoms in total. The maximum Gasteiger partial charge on any atom is 0.154 e. The molecule has 0 amide bonds. The Morgan fingerprint density at radius 2 is 1.62 bits per heavy atom. The van der Waals surface area contributed by atoms with E-state index in [1.165, 1.54) is 0 Å². The van der Waals surface area contributed by atoms with Crippen molar-refractivity contribution in [2.24, 2.45) is 0 Å². The number of nitrogens with two attached hydrogens (primary N) is 1. The molecule has 3 aromatic rings. The van der Waals surface area contributed by atoms with Crippen molar-refractivity contribution in [1.29, 1.82) is 0 Å². The Kier molecular flexibility index (Phi) is 3.38. The Hall–Kier alpha value is -2.72. The summed E-state index contributed by atoms with van der Waals surface area (Å²) >= 11 is 0. The molecule has 0 aliphatic carbocycles. The third-order valence-corrected chi connectivity index (χ3v) is 3.46.